The number of amides is 1. The van der Waals surface area contributed by atoms with Gasteiger partial charge in [0.05, 0.1) is 12.2 Å². The number of carbonyl (C=O) groups excluding carboxylic acids is 1. The number of aromatic hydroxyl groups is 1. The van der Waals surface area contributed by atoms with Gasteiger partial charge in [0.2, 0.25) is 5.91 Å². The number of hydrogen-bond acceptors (Lipinski definition) is 4. The van der Waals surface area contributed by atoms with Crippen LogP contribution in [0.5, 0.6) is 5.75 Å². The molecule has 0 saturated carbocycles. The molecule has 0 bridgehead atoms. The minimum Gasteiger partial charge on any atom is -0.506 e. The summed E-state index contributed by atoms with van der Waals surface area (Å²) >= 11 is 0. The Hall–Kier alpha value is -1.75. The summed E-state index contributed by atoms with van der Waals surface area (Å²) in [4.78, 5) is 13.5. The number of rotatable bonds is 5. The van der Waals surface area contributed by atoms with E-state index in [1.54, 1.807) is 18.2 Å². The first kappa shape index (κ1) is 14.3. The minimum atomic E-state index is -0.000694. The monoisotopic (exact) mass is 251 g/mol. The van der Waals surface area contributed by atoms with Crippen LogP contribution in [0.15, 0.2) is 18.2 Å². The second-order valence-corrected chi connectivity index (χ2v) is 4.79. The van der Waals surface area contributed by atoms with Crippen molar-refractivity contribution in [1.29, 1.82) is 0 Å². The number of benzene rings is 1. The molecule has 5 heteroatoms. The lowest BCUT2D eigenvalue weighted by molar-refractivity contribution is -0.122. The molecule has 0 atom stereocenters. The van der Waals surface area contributed by atoms with E-state index in [9.17, 15) is 9.90 Å². The predicted octanol–water partition coefficient (Wildman–Crippen LogP) is 0.931. The molecule has 1 rings (SSSR count). The van der Waals surface area contributed by atoms with Crippen LogP contribution in [-0.2, 0) is 11.3 Å². The number of likely N-dealkylation sites (N-methyl/N-ethyl adjacent to an activating group) is 1. The van der Waals surface area contributed by atoms with Crippen LogP contribution in [0.25, 0.3) is 0 Å². The van der Waals surface area contributed by atoms with E-state index in [1.165, 1.54) is 0 Å². The quantitative estimate of drug-likeness (QED) is 0.537. The number of phenols is 1. The van der Waals surface area contributed by atoms with Crippen LogP contribution in [0.1, 0.15) is 19.4 Å². The number of phenolic OH excluding ortho intramolecular Hbond substituents is 1. The Labute approximate surface area is 108 Å². The van der Waals surface area contributed by atoms with Crippen molar-refractivity contribution in [3.05, 3.63) is 23.8 Å². The van der Waals surface area contributed by atoms with Crippen molar-refractivity contribution in [3.8, 4) is 5.75 Å². The van der Waals surface area contributed by atoms with Gasteiger partial charge in [-0.25, -0.2) is 0 Å². The van der Waals surface area contributed by atoms with E-state index < -0.39 is 0 Å². The maximum atomic E-state index is 11.6. The number of nitrogens with zero attached hydrogens (tertiary/aromatic N) is 1. The summed E-state index contributed by atoms with van der Waals surface area (Å²) in [7, 11) is 1.86. The Morgan fingerprint density at radius 2 is 2.17 bits per heavy atom. The van der Waals surface area contributed by atoms with Crippen LogP contribution in [-0.4, -0.2) is 35.5 Å². The number of anilines is 1. The molecule has 1 aromatic rings. The van der Waals surface area contributed by atoms with Gasteiger partial charge in [-0.2, -0.15) is 0 Å². The van der Waals surface area contributed by atoms with Gasteiger partial charge < -0.3 is 16.2 Å². The van der Waals surface area contributed by atoms with Crippen molar-refractivity contribution < 1.29 is 9.90 Å². The molecule has 0 aliphatic rings. The highest BCUT2D eigenvalue weighted by Crippen LogP contribution is 2.20. The summed E-state index contributed by atoms with van der Waals surface area (Å²) in [5, 5.41) is 12.2. The molecule has 0 spiro atoms. The third-order valence-corrected chi connectivity index (χ3v) is 2.41. The van der Waals surface area contributed by atoms with Crippen LogP contribution in [0.2, 0.25) is 0 Å². The van der Waals surface area contributed by atoms with Gasteiger partial charge in [-0.1, -0.05) is 6.07 Å². The minimum absolute atomic E-state index is 0.000694. The largest absolute Gasteiger partial charge is 0.506 e. The van der Waals surface area contributed by atoms with Crippen molar-refractivity contribution in [2.45, 2.75) is 26.4 Å². The lowest BCUT2D eigenvalue weighted by atomic mass is 10.2. The van der Waals surface area contributed by atoms with Crippen LogP contribution >= 0.6 is 0 Å². The van der Waals surface area contributed by atoms with Crippen molar-refractivity contribution in [3.63, 3.8) is 0 Å². The smallest absolute Gasteiger partial charge is 0.234 e. The first-order valence-electron chi connectivity index (χ1n) is 5.93. The molecular weight excluding hydrogens is 230 g/mol. The van der Waals surface area contributed by atoms with E-state index in [1.807, 2.05) is 25.8 Å². The highest BCUT2D eigenvalue weighted by atomic mass is 16.3. The summed E-state index contributed by atoms with van der Waals surface area (Å²) in [5.74, 6) is 0.0817. The second kappa shape index (κ2) is 6.26. The Balaban J connectivity index is 2.51. The predicted molar refractivity (Wildman–Crippen MR) is 72.1 cm³/mol. The molecule has 100 valence electrons. The highest BCUT2D eigenvalue weighted by Gasteiger charge is 2.08. The van der Waals surface area contributed by atoms with E-state index in [-0.39, 0.29) is 17.7 Å². The average Bonchev–Trinajstić information content (AvgIpc) is 2.21. The van der Waals surface area contributed by atoms with Gasteiger partial charge in [0.1, 0.15) is 5.75 Å². The molecule has 0 aliphatic heterocycles. The Morgan fingerprint density at radius 1 is 1.50 bits per heavy atom. The lowest BCUT2D eigenvalue weighted by Gasteiger charge is -2.17. The molecule has 4 N–H and O–H groups in total. The topological polar surface area (TPSA) is 78.6 Å². The maximum absolute atomic E-state index is 11.6. The van der Waals surface area contributed by atoms with Gasteiger partial charge in [0.25, 0.3) is 0 Å². The third-order valence-electron chi connectivity index (χ3n) is 2.41. The summed E-state index contributed by atoms with van der Waals surface area (Å²) < 4.78 is 0. The van der Waals surface area contributed by atoms with E-state index >= 15 is 0 Å². The van der Waals surface area contributed by atoms with E-state index in [0.29, 0.717) is 18.8 Å². The molecule has 5 nitrogen and oxygen atoms in total. The fraction of sp³-hybridized carbons (Fsp3) is 0.462. The van der Waals surface area contributed by atoms with E-state index in [0.717, 1.165) is 5.56 Å². The van der Waals surface area contributed by atoms with E-state index in [4.69, 9.17) is 5.73 Å². The number of nitrogen functional groups attached to an aromatic ring is 1. The molecule has 18 heavy (non-hydrogen) atoms. The van der Waals surface area contributed by atoms with Gasteiger partial charge in [-0.3, -0.25) is 9.69 Å². The first-order chi connectivity index (χ1) is 8.38. The van der Waals surface area contributed by atoms with Gasteiger partial charge in [0.15, 0.2) is 0 Å². The fourth-order valence-corrected chi connectivity index (χ4v) is 1.68. The zero-order chi connectivity index (χ0) is 13.7. The molecule has 0 fully saturated rings. The molecule has 0 aromatic heterocycles. The molecule has 1 amide bonds. The molecule has 0 unspecified atom stereocenters. The molecule has 1 aromatic carbocycles. The summed E-state index contributed by atoms with van der Waals surface area (Å²) in [6.45, 7) is 4.80. The SMILES string of the molecule is CC(C)NC(=O)CN(C)Cc1ccc(O)c(N)c1. The summed E-state index contributed by atoms with van der Waals surface area (Å²) in [6, 6.07) is 5.22. The Morgan fingerprint density at radius 3 is 2.72 bits per heavy atom. The van der Waals surface area contributed by atoms with Gasteiger partial charge in [-0.05, 0) is 38.6 Å². The molecule has 0 radical (unpaired) electrons. The van der Waals surface area contributed by atoms with Crippen molar-refractivity contribution in [2.75, 3.05) is 19.3 Å². The summed E-state index contributed by atoms with van der Waals surface area (Å²) in [5.41, 5.74) is 6.93. The normalized spacial score (nSPS) is 10.9. The van der Waals surface area contributed by atoms with Crippen LogP contribution < -0.4 is 11.1 Å². The number of nitrogens with two attached hydrogens (primary N) is 1. The zero-order valence-electron chi connectivity index (χ0n) is 11.1. The number of carbonyl (C=O) groups is 1. The van der Waals surface area contributed by atoms with E-state index in [2.05, 4.69) is 5.32 Å². The average molecular weight is 251 g/mol. The van der Waals surface area contributed by atoms with Crippen LogP contribution in [0.3, 0.4) is 0 Å². The second-order valence-electron chi connectivity index (χ2n) is 4.79. The highest BCUT2D eigenvalue weighted by molar-refractivity contribution is 5.78. The van der Waals surface area contributed by atoms with Gasteiger partial charge in [0, 0.05) is 12.6 Å². The maximum Gasteiger partial charge on any atom is 0.234 e. The fourth-order valence-electron chi connectivity index (χ4n) is 1.68. The van der Waals surface area contributed by atoms with Gasteiger partial charge >= 0.3 is 0 Å². The summed E-state index contributed by atoms with van der Waals surface area (Å²) in [6.07, 6.45) is 0. The number of hydrogen-bond donors (Lipinski definition) is 3. The zero-order valence-corrected chi connectivity index (χ0v) is 11.1. The van der Waals surface area contributed by atoms with Crippen LogP contribution in [0, 0.1) is 0 Å². The lowest BCUT2D eigenvalue weighted by Crippen LogP contribution is -2.38. The first-order valence-corrected chi connectivity index (χ1v) is 5.93. The van der Waals surface area contributed by atoms with Gasteiger partial charge in [-0.15, -0.1) is 0 Å². The Kier molecular flexibility index (Phi) is 4.97. The standard InChI is InChI=1S/C13H21N3O2/c1-9(2)15-13(18)8-16(3)7-10-4-5-12(17)11(14)6-10/h4-6,9,17H,7-8,14H2,1-3H3,(H,15,18). The molecule has 0 aliphatic carbocycles. The Bertz CT molecular complexity index is 419. The molecular formula is C13H21N3O2. The molecule has 0 saturated heterocycles. The van der Waals surface area contributed by atoms with Crippen molar-refractivity contribution in [1.82, 2.24) is 10.2 Å². The molecule has 0 heterocycles. The van der Waals surface area contributed by atoms with Crippen molar-refractivity contribution >= 4 is 11.6 Å². The van der Waals surface area contributed by atoms with Crippen molar-refractivity contribution in [2.24, 2.45) is 0 Å². The van der Waals surface area contributed by atoms with Crippen LogP contribution in [0.4, 0.5) is 5.69 Å². The number of nitrogens with one attached hydrogen (secondary N) is 1. The third kappa shape index (κ3) is 4.63.